The van der Waals surface area contributed by atoms with E-state index in [1.165, 1.54) is 28.9 Å². The Balaban J connectivity index is 1.26. The number of carboxylic acid groups (broad SMARTS) is 1. The number of hydrogen-bond acceptors (Lipinski definition) is 11. The molecule has 0 spiro atoms. The molecule has 4 heterocycles. The average molecular weight is 632 g/mol. The number of hydrogen-bond donors (Lipinski definition) is 4. The Labute approximate surface area is 262 Å². The maximum absolute atomic E-state index is 13.8. The first-order chi connectivity index (χ1) is 22.2. The van der Waals surface area contributed by atoms with Crippen molar-refractivity contribution in [3.63, 3.8) is 0 Å². The lowest BCUT2D eigenvalue weighted by Crippen LogP contribution is -2.61. The van der Waals surface area contributed by atoms with Gasteiger partial charge in [-0.05, 0) is 37.0 Å². The molecule has 0 unspecified atom stereocenters. The predicted octanol–water partition coefficient (Wildman–Crippen LogP) is 2.32. The van der Waals surface area contributed by atoms with Crippen LogP contribution < -0.4 is 9.64 Å². The predicted molar refractivity (Wildman–Crippen MR) is 161 cm³/mol. The smallest absolute Gasteiger partial charge is 0.335 e. The van der Waals surface area contributed by atoms with Crippen molar-refractivity contribution in [3.05, 3.63) is 55.2 Å². The van der Waals surface area contributed by atoms with Crippen molar-refractivity contribution >= 4 is 28.7 Å². The first kappa shape index (κ1) is 31.1. The van der Waals surface area contributed by atoms with Crippen molar-refractivity contribution in [3.8, 4) is 23.1 Å². The van der Waals surface area contributed by atoms with E-state index in [1.807, 2.05) is 10.9 Å². The number of benzene rings is 1. The second-order valence-corrected chi connectivity index (χ2v) is 11.5. The minimum atomic E-state index is -1.87. The number of anilines is 1. The molecular weight excluding hydrogens is 598 g/mol. The zero-order valence-corrected chi connectivity index (χ0v) is 24.8. The van der Waals surface area contributed by atoms with Gasteiger partial charge in [0.2, 0.25) is 6.29 Å². The summed E-state index contributed by atoms with van der Waals surface area (Å²) in [6, 6.07) is 9.79. The zero-order valence-electron chi connectivity index (χ0n) is 24.8. The van der Waals surface area contributed by atoms with Gasteiger partial charge in [0.1, 0.15) is 30.4 Å². The van der Waals surface area contributed by atoms with Gasteiger partial charge in [-0.3, -0.25) is 14.1 Å². The molecule has 1 amide bonds. The maximum atomic E-state index is 13.8. The molecule has 6 atom stereocenters. The van der Waals surface area contributed by atoms with Crippen LogP contribution in [0.15, 0.2) is 55.2 Å². The van der Waals surface area contributed by atoms with Gasteiger partial charge in [-0.1, -0.05) is 25.0 Å². The molecule has 46 heavy (non-hydrogen) atoms. The number of aliphatic carboxylic acids is 1. The van der Waals surface area contributed by atoms with E-state index in [0.717, 1.165) is 31.2 Å². The van der Waals surface area contributed by atoms with E-state index in [9.17, 15) is 35.3 Å². The summed E-state index contributed by atoms with van der Waals surface area (Å²) in [6.07, 6.45) is 2.29. The Morgan fingerprint density at radius 1 is 1.13 bits per heavy atom. The summed E-state index contributed by atoms with van der Waals surface area (Å²) in [5.41, 5.74) is 1.88. The highest BCUT2D eigenvalue weighted by molar-refractivity contribution is 6.02. The topological polar surface area (TPSA) is 209 Å². The normalized spacial score (nSPS) is 24.0. The lowest BCUT2D eigenvalue weighted by atomic mass is 9.96. The number of rotatable bonds is 8. The summed E-state index contributed by atoms with van der Waals surface area (Å²) >= 11 is 0. The van der Waals surface area contributed by atoms with Crippen LogP contribution in [0.4, 0.5) is 10.5 Å². The lowest BCUT2D eigenvalue weighted by molar-refractivity contribution is -0.271. The number of carbonyl (C=O) groups excluding carboxylic acids is 1. The van der Waals surface area contributed by atoms with E-state index < -0.39 is 42.7 Å². The Kier molecular flexibility index (Phi) is 8.69. The van der Waals surface area contributed by atoms with Gasteiger partial charge in [0.25, 0.3) is 0 Å². The number of fused-ring (bicyclic) bond motifs is 1. The van der Waals surface area contributed by atoms with Gasteiger partial charge in [-0.2, -0.15) is 10.4 Å². The minimum absolute atomic E-state index is 0.0239. The van der Waals surface area contributed by atoms with E-state index in [0.29, 0.717) is 29.1 Å². The van der Waals surface area contributed by atoms with Crippen molar-refractivity contribution < 1.29 is 39.5 Å². The molecule has 1 aromatic carbocycles. The van der Waals surface area contributed by atoms with Crippen molar-refractivity contribution in [1.29, 1.82) is 5.26 Å². The SMILES string of the molecule is CN(C(=O)n1ccc2c(-c3cnn([C@H](CC#N)C4CCCC4)c3)ncnc21)c1ccccc1O[C@@H]1O[C@H](C(=O)O)[C@@H](O)[C@H](O)[C@H]1O. The molecule has 1 aliphatic heterocycles. The van der Waals surface area contributed by atoms with Gasteiger partial charge in [0, 0.05) is 30.4 Å². The van der Waals surface area contributed by atoms with Crippen LogP contribution in [0.1, 0.15) is 38.1 Å². The van der Waals surface area contributed by atoms with Crippen LogP contribution in [0, 0.1) is 17.2 Å². The number of carbonyl (C=O) groups is 2. The van der Waals surface area contributed by atoms with Gasteiger partial charge in [0.05, 0.1) is 36.1 Å². The van der Waals surface area contributed by atoms with Gasteiger partial charge in [0.15, 0.2) is 11.8 Å². The molecular formula is C31H33N7O8. The van der Waals surface area contributed by atoms with Crippen LogP contribution in [0.25, 0.3) is 22.3 Å². The molecule has 3 aromatic heterocycles. The fourth-order valence-corrected chi connectivity index (χ4v) is 6.26. The molecule has 6 rings (SSSR count). The zero-order chi connectivity index (χ0) is 32.5. The van der Waals surface area contributed by atoms with E-state index in [4.69, 9.17) is 9.47 Å². The number of nitriles is 1. The van der Waals surface area contributed by atoms with Crippen LogP contribution in [-0.4, -0.2) is 94.5 Å². The molecule has 1 saturated heterocycles. The van der Waals surface area contributed by atoms with Crippen LogP contribution >= 0.6 is 0 Å². The Morgan fingerprint density at radius 3 is 2.63 bits per heavy atom. The van der Waals surface area contributed by atoms with Gasteiger partial charge in [-0.15, -0.1) is 0 Å². The number of nitrogens with zero attached hydrogens (tertiary/aromatic N) is 7. The first-order valence-electron chi connectivity index (χ1n) is 14.9. The summed E-state index contributed by atoms with van der Waals surface area (Å²) in [6.45, 7) is 0. The highest BCUT2D eigenvalue weighted by atomic mass is 16.7. The molecule has 15 nitrogen and oxygen atoms in total. The molecule has 4 aromatic rings. The molecule has 0 radical (unpaired) electrons. The van der Waals surface area contributed by atoms with Crippen LogP contribution in [-0.2, 0) is 9.53 Å². The quantitative estimate of drug-likeness (QED) is 0.221. The molecule has 1 aliphatic carbocycles. The maximum Gasteiger partial charge on any atom is 0.335 e. The van der Waals surface area contributed by atoms with Gasteiger partial charge < -0.3 is 29.9 Å². The van der Waals surface area contributed by atoms with Crippen LogP contribution in [0.2, 0.25) is 0 Å². The average Bonchev–Trinajstić information content (AvgIpc) is 3.85. The second kappa shape index (κ2) is 12.9. The highest BCUT2D eigenvalue weighted by Gasteiger charge is 2.48. The molecule has 0 bridgehead atoms. The summed E-state index contributed by atoms with van der Waals surface area (Å²) in [7, 11) is 1.50. The summed E-state index contributed by atoms with van der Waals surface area (Å²) < 4.78 is 14.2. The lowest BCUT2D eigenvalue weighted by Gasteiger charge is -2.38. The van der Waals surface area contributed by atoms with Crippen molar-refractivity contribution in [2.75, 3.05) is 11.9 Å². The number of aromatic nitrogens is 5. The summed E-state index contributed by atoms with van der Waals surface area (Å²) in [4.78, 5) is 35.5. The number of ether oxygens (including phenoxy) is 2. The molecule has 2 fully saturated rings. The second-order valence-electron chi connectivity index (χ2n) is 11.5. The Morgan fingerprint density at radius 2 is 1.89 bits per heavy atom. The van der Waals surface area contributed by atoms with E-state index in [1.54, 1.807) is 36.7 Å². The third-order valence-corrected chi connectivity index (χ3v) is 8.72. The summed E-state index contributed by atoms with van der Waals surface area (Å²) in [5.74, 6) is -1.11. The highest BCUT2D eigenvalue weighted by Crippen LogP contribution is 2.37. The Bertz CT molecular complexity index is 1780. The number of aliphatic hydroxyl groups excluding tert-OH is 3. The number of carboxylic acids is 1. The molecule has 240 valence electrons. The monoisotopic (exact) mass is 631 g/mol. The number of aliphatic hydroxyl groups is 3. The standard InChI is InChI=1S/C31H33N7O8/c1-36(21-8-4-5-9-22(21)45-30-26(41)24(39)25(40)27(46-30)29(42)43)31(44)37-13-11-19-23(33-16-34-28(19)37)18-14-35-38(15-18)20(10-12-32)17-6-2-3-7-17/h4-5,8-9,11,13-17,20,24-27,30,39-41H,2-3,6-7,10H2,1H3,(H,42,43)/t20-,24+,25+,26-,27+,30-/m1/s1. The van der Waals surface area contributed by atoms with E-state index >= 15 is 0 Å². The van der Waals surface area contributed by atoms with Crippen molar-refractivity contribution in [1.82, 2.24) is 24.3 Å². The van der Waals surface area contributed by atoms with Crippen molar-refractivity contribution in [2.45, 2.75) is 68.9 Å². The van der Waals surface area contributed by atoms with Crippen LogP contribution in [0.5, 0.6) is 5.75 Å². The van der Waals surface area contributed by atoms with Crippen LogP contribution in [0.3, 0.4) is 0 Å². The first-order valence-corrected chi connectivity index (χ1v) is 14.9. The Hall–Kier alpha value is -4.88. The number of para-hydroxylation sites is 2. The van der Waals surface area contributed by atoms with E-state index in [-0.39, 0.29) is 17.5 Å². The minimum Gasteiger partial charge on any atom is -0.479 e. The van der Waals surface area contributed by atoms with Gasteiger partial charge in [-0.25, -0.2) is 19.6 Å². The van der Waals surface area contributed by atoms with E-state index in [2.05, 4.69) is 21.1 Å². The third-order valence-electron chi connectivity index (χ3n) is 8.72. The number of amides is 1. The molecule has 4 N–H and O–H groups in total. The fraction of sp³-hybridized carbons (Fsp3) is 0.419. The summed E-state index contributed by atoms with van der Waals surface area (Å²) in [5, 5.41) is 54.6. The molecule has 1 saturated carbocycles. The fourth-order valence-electron chi connectivity index (χ4n) is 6.26. The molecule has 2 aliphatic rings. The van der Waals surface area contributed by atoms with Gasteiger partial charge >= 0.3 is 12.0 Å². The largest absolute Gasteiger partial charge is 0.479 e. The van der Waals surface area contributed by atoms with Crippen molar-refractivity contribution in [2.24, 2.45) is 5.92 Å². The third kappa shape index (κ3) is 5.67. The molecule has 15 heteroatoms.